The lowest BCUT2D eigenvalue weighted by atomic mass is 9.90. The second-order valence-corrected chi connectivity index (χ2v) is 4.72. The average molecular weight is 220 g/mol. The molecule has 0 radical (unpaired) electrons. The van der Waals surface area contributed by atoms with Gasteiger partial charge in [-0.25, -0.2) is 0 Å². The summed E-state index contributed by atoms with van der Waals surface area (Å²) in [5.41, 5.74) is 9.69. The summed E-state index contributed by atoms with van der Waals surface area (Å²) in [5, 5.41) is 0. The summed E-state index contributed by atoms with van der Waals surface area (Å²) in [6.07, 6.45) is 4.16. The molecule has 16 heavy (non-hydrogen) atoms. The summed E-state index contributed by atoms with van der Waals surface area (Å²) in [4.78, 5) is 4.47. The highest BCUT2D eigenvalue weighted by atomic mass is 16.5. The molecule has 2 unspecified atom stereocenters. The van der Waals surface area contributed by atoms with Crippen LogP contribution in [0.2, 0.25) is 0 Å². The average Bonchev–Trinajstić information content (AvgIpc) is 2.29. The van der Waals surface area contributed by atoms with Gasteiger partial charge in [-0.2, -0.15) is 0 Å². The van der Waals surface area contributed by atoms with Crippen LogP contribution >= 0.6 is 0 Å². The summed E-state index contributed by atoms with van der Waals surface area (Å²) < 4.78 is 5.48. The Hall–Kier alpha value is -0.930. The maximum Gasteiger partial charge on any atom is 0.0604 e. The molecule has 1 aliphatic rings. The first-order valence-electron chi connectivity index (χ1n) is 5.95. The summed E-state index contributed by atoms with van der Waals surface area (Å²) in [6.45, 7) is 5.79. The lowest BCUT2D eigenvalue weighted by molar-refractivity contribution is 0.0441. The van der Waals surface area contributed by atoms with Gasteiger partial charge in [0.25, 0.3) is 0 Å². The van der Waals surface area contributed by atoms with Crippen LogP contribution in [0.4, 0.5) is 0 Å². The van der Waals surface area contributed by atoms with E-state index in [1.807, 2.05) is 6.20 Å². The van der Waals surface area contributed by atoms with E-state index in [0.717, 1.165) is 31.7 Å². The number of hydrogen-bond donors (Lipinski definition) is 1. The van der Waals surface area contributed by atoms with Crippen molar-refractivity contribution in [2.75, 3.05) is 13.2 Å². The fourth-order valence-corrected chi connectivity index (χ4v) is 2.35. The number of aryl methyl sites for hydroxylation is 2. The first-order chi connectivity index (χ1) is 7.68. The number of ether oxygens (including phenoxy) is 1. The van der Waals surface area contributed by atoms with Gasteiger partial charge in [-0.05, 0) is 37.8 Å². The molecule has 0 aromatic carbocycles. The molecule has 1 aliphatic heterocycles. The van der Waals surface area contributed by atoms with Gasteiger partial charge in [-0.15, -0.1) is 0 Å². The van der Waals surface area contributed by atoms with Crippen LogP contribution in [0.25, 0.3) is 0 Å². The maximum absolute atomic E-state index is 6.28. The van der Waals surface area contributed by atoms with Gasteiger partial charge in [0.05, 0.1) is 18.3 Å². The second-order valence-electron chi connectivity index (χ2n) is 4.72. The van der Waals surface area contributed by atoms with Crippen molar-refractivity contribution in [3.8, 4) is 0 Å². The molecule has 2 N–H and O–H groups in total. The molecule has 0 bridgehead atoms. The molecule has 0 amide bonds. The molecule has 0 aliphatic carbocycles. The smallest absolute Gasteiger partial charge is 0.0604 e. The minimum Gasteiger partial charge on any atom is -0.381 e. The Balaban J connectivity index is 2.15. The molecule has 1 fully saturated rings. The van der Waals surface area contributed by atoms with E-state index in [0.29, 0.717) is 5.92 Å². The van der Waals surface area contributed by atoms with Crippen LogP contribution in [0.15, 0.2) is 12.3 Å². The third-order valence-corrected chi connectivity index (χ3v) is 3.27. The molecule has 2 rings (SSSR count). The molecule has 1 saturated heterocycles. The van der Waals surface area contributed by atoms with Crippen molar-refractivity contribution in [3.63, 3.8) is 0 Å². The van der Waals surface area contributed by atoms with Crippen LogP contribution in [0.5, 0.6) is 0 Å². The van der Waals surface area contributed by atoms with E-state index in [9.17, 15) is 0 Å². The molecule has 1 aromatic heterocycles. The zero-order valence-corrected chi connectivity index (χ0v) is 10.1. The lowest BCUT2D eigenvalue weighted by Crippen LogP contribution is -2.30. The van der Waals surface area contributed by atoms with Gasteiger partial charge in [0, 0.05) is 18.7 Å². The zero-order chi connectivity index (χ0) is 11.5. The standard InChI is InChI=1S/C13H20N2O/c1-9-6-10(2)13(15-7-9)12(14)11-4-3-5-16-8-11/h6-7,11-12H,3-5,8,14H2,1-2H3. The SMILES string of the molecule is Cc1cnc(C(N)C2CCCOC2)c(C)c1. The van der Waals surface area contributed by atoms with Gasteiger partial charge in [-0.1, -0.05) is 6.07 Å². The lowest BCUT2D eigenvalue weighted by Gasteiger charge is -2.28. The Bertz CT molecular complexity index is 359. The fraction of sp³-hybridized carbons (Fsp3) is 0.615. The van der Waals surface area contributed by atoms with E-state index in [1.165, 1.54) is 11.1 Å². The number of aromatic nitrogens is 1. The molecule has 2 atom stereocenters. The third kappa shape index (κ3) is 2.42. The van der Waals surface area contributed by atoms with Gasteiger partial charge in [0.1, 0.15) is 0 Å². The number of hydrogen-bond acceptors (Lipinski definition) is 3. The summed E-state index contributed by atoms with van der Waals surface area (Å²) in [7, 11) is 0. The van der Waals surface area contributed by atoms with Crippen molar-refractivity contribution in [3.05, 3.63) is 29.1 Å². The van der Waals surface area contributed by atoms with Crippen LogP contribution in [-0.4, -0.2) is 18.2 Å². The summed E-state index contributed by atoms with van der Waals surface area (Å²) in [6, 6.07) is 2.16. The minimum absolute atomic E-state index is 0.0147. The van der Waals surface area contributed by atoms with Gasteiger partial charge in [-0.3, -0.25) is 4.98 Å². The third-order valence-electron chi connectivity index (χ3n) is 3.27. The Morgan fingerprint density at radius 2 is 2.31 bits per heavy atom. The van der Waals surface area contributed by atoms with E-state index in [1.54, 1.807) is 0 Å². The van der Waals surface area contributed by atoms with Gasteiger partial charge >= 0.3 is 0 Å². The van der Waals surface area contributed by atoms with E-state index >= 15 is 0 Å². The van der Waals surface area contributed by atoms with E-state index in [4.69, 9.17) is 10.5 Å². The number of pyridine rings is 1. The van der Waals surface area contributed by atoms with Gasteiger partial charge in [0.15, 0.2) is 0 Å². The number of rotatable bonds is 2. The Kier molecular flexibility index (Phi) is 3.56. The van der Waals surface area contributed by atoms with Crippen LogP contribution in [0.3, 0.4) is 0 Å². The quantitative estimate of drug-likeness (QED) is 0.830. The van der Waals surface area contributed by atoms with Crippen molar-refractivity contribution in [1.82, 2.24) is 4.98 Å². The highest BCUT2D eigenvalue weighted by Gasteiger charge is 2.24. The van der Waals surface area contributed by atoms with Gasteiger partial charge in [0.2, 0.25) is 0 Å². The molecule has 1 aromatic rings. The largest absolute Gasteiger partial charge is 0.381 e. The van der Waals surface area contributed by atoms with Crippen LogP contribution in [-0.2, 0) is 4.74 Å². The highest BCUT2D eigenvalue weighted by molar-refractivity contribution is 5.25. The Morgan fingerprint density at radius 3 is 2.94 bits per heavy atom. The normalized spacial score (nSPS) is 23.1. The van der Waals surface area contributed by atoms with Crippen LogP contribution in [0.1, 0.15) is 35.7 Å². The van der Waals surface area contributed by atoms with Crippen LogP contribution in [0, 0.1) is 19.8 Å². The van der Waals surface area contributed by atoms with Crippen LogP contribution < -0.4 is 5.73 Å². The molecule has 3 heteroatoms. The van der Waals surface area contributed by atoms with Crippen molar-refractivity contribution in [1.29, 1.82) is 0 Å². The predicted molar refractivity (Wildman–Crippen MR) is 64.2 cm³/mol. The molecular formula is C13H20N2O. The fourth-order valence-electron chi connectivity index (χ4n) is 2.35. The number of nitrogens with zero attached hydrogens (tertiary/aromatic N) is 1. The molecular weight excluding hydrogens is 200 g/mol. The van der Waals surface area contributed by atoms with E-state index in [-0.39, 0.29) is 6.04 Å². The first kappa shape index (κ1) is 11.6. The van der Waals surface area contributed by atoms with Crippen molar-refractivity contribution in [2.45, 2.75) is 32.7 Å². The van der Waals surface area contributed by atoms with Crippen molar-refractivity contribution >= 4 is 0 Å². The van der Waals surface area contributed by atoms with Crippen molar-refractivity contribution in [2.24, 2.45) is 11.7 Å². The first-order valence-corrected chi connectivity index (χ1v) is 5.95. The Labute approximate surface area is 97.0 Å². The topological polar surface area (TPSA) is 48.1 Å². The van der Waals surface area contributed by atoms with E-state index < -0.39 is 0 Å². The Morgan fingerprint density at radius 1 is 1.50 bits per heavy atom. The molecule has 0 spiro atoms. The number of nitrogens with two attached hydrogens (primary N) is 1. The molecule has 3 nitrogen and oxygen atoms in total. The van der Waals surface area contributed by atoms with Crippen molar-refractivity contribution < 1.29 is 4.74 Å². The predicted octanol–water partition coefficient (Wildman–Crippen LogP) is 2.12. The molecule has 2 heterocycles. The monoisotopic (exact) mass is 220 g/mol. The van der Waals surface area contributed by atoms with E-state index in [2.05, 4.69) is 24.9 Å². The molecule has 88 valence electrons. The maximum atomic E-state index is 6.28. The summed E-state index contributed by atoms with van der Waals surface area (Å²) >= 11 is 0. The zero-order valence-electron chi connectivity index (χ0n) is 10.1. The highest BCUT2D eigenvalue weighted by Crippen LogP contribution is 2.27. The minimum atomic E-state index is 0.0147. The molecule has 0 saturated carbocycles. The van der Waals surface area contributed by atoms with Gasteiger partial charge < -0.3 is 10.5 Å². The second kappa shape index (κ2) is 4.93. The summed E-state index contributed by atoms with van der Waals surface area (Å²) in [5.74, 6) is 0.419.